The van der Waals surface area contributed by atoms with Crippen molar-refractivity contribution in [2.75, 3.05) is 7.11 Å². The van der Waals surface area contributed by atoms with Gasteiger partial charge in [-0.2, -0.15) is 0 Å². The Morgan fingerprint density at radius 3 is 2.81 bits per heavy atom. The molecular weight excluding hydrogens is 268 g/mol. The molecule has 1 N–H and O–H groups in total. The second-order valence-corrected chi connectivity index (χ2v) is 5.40. The van der Waals surface area contributed by atoms with E-state index in [9.17, 15) is 5.11 Å². The lowest BCUT2D eigenvalue weighted by molar-refractivity contribution is -0.180. The van der Waals surface area contributed by atoms with E-state index in [1.807, 2.05) is 42.5 Å². The Morgan fingerprint density at radius 2 is 2.00 bits per heavy atom. The molecule has 0 aliphatic carbocycles. The number of aliphatic hydroxyl groups excluding tert-OH is 1. The number of para-hydroxylation sites is 2. The highest BCUT2D eigenvalue weighted by atomic mass is 16.7. The summed E-state index contributed by atoms with van der Waals surface area (Å²) in [5.41, 5.74) is 1.85. The van der Waals surface area contributed by atoms with Gasteiger partial charge in [0, 0.05) is 12.0 Å². The van der Waals surface area contributed by atoms with Gasteiger partial charge in [-0.15, -0.1) is 0 Å². The Morgan fingerprint density at radius 1 is 1.14 bits per heavy atom. The van der Waals surface area contributed by atoms with E-state index in [-0.39, 0.29) is 0 Å². The summed E-state index contributed by atoms with van der Waals surface area (Å²) in [6.07, 6.45) is 0.576. The van der Waals surface area contributed by atoms with Gasteiger partial charge in [0.15, 0.2) is 17.6 Å². The Hall–Kier alpha value is -2.20. The minimum atomic E-state index is -1.05. The Kier molecular flexibility index (Phi) is 2.62. The molecule has 0 aromatic heterocycles. The lowest BCUT2D eigenvalue weighted by atomic mass is 9.94. The van der Waals surface area contributed by atoms with Gasteiger partial charge >= 0.3 is 0 Å². The first-order chi connectivity index (χ1) is 10.2. The number of rotatable bonds is 1. The Bertz CT molecular complexity index is 683. The van der Waals surface area contributed by atoms with Gasteiger partial charge in [-0.05, 0) is 24.1 Å². The van der Waals surface area contributed by atoms with Crippen molar-refractivity contribution in [1.29, 1.82) is 0 Å². The largest absolute Gasteiger partial charge is 0.493 e. The third-order valence-corrected chi connectivity index (χ3v) is 4.21. The van der Waals surface area contributed by atoms with E-state index in [1.54, 1.807) is 7.11 Å². The topological polar surface area (TPSA) is 47.9 Å². The molecule has 4 heteroatoms. The second-order valence-electron chi connectivity index (χ2n) is 5.40. The van der Waals surface area contributed by atoms with Crippen LogP contribution in [0, 0.1) is 0 Å². The molecule has 2 aromatic carbocycles. The van der Waals surface area contributed by atoms with Crippen LogP contribution in [0.5, 0.6) is 17.2 Å². The van der Waals surface area contributed by atoms with Crippen LogP contribution in [0.15, 0.2) is 42.5 Å². The highest BCUT2D eigenvalue weighted by Crippen LogP contribution is 2.50. The van der Waals surface area contributed by atoms with Crippen LogP contribution in [0.3, 0.4) is 0 Å². The molecule has 0 bridgehead atoms. The fourth-order valence-corrected chi connectivity index (χ4v) is 3.11. The number of hydrogen-bond acceptors (Lipinski definition) is 4. The fraction of sp³-hybridized carbons (Fsp3) is 0.294. The van der Waals surface area contributed by atoms with Crippen molar-refractivity contribution in [3.8, 4) is 17.2 Å². The molecule has 0 amide bonds. The van der Waals surface area contributed by atoms with Crippen LogP contribution in [0.4, 0.5) is 0 Å². The van der Waals surface area contributed by atoms with Crippen molar-refractivity contribution < 1.29 is 19.3 Å². The molecule has 2 aliphatic rings. The van der Waals surface area contributed by atoms with Gasteiger partial charge in [0.1, 0.15) is 5.75 Å². The highest BCUT2D eigenvalue weighted by molar-refractivity contribution is 5.50. The molecule has 0 saturated heterocycles. The fourth-order valence-electron chi connectivity index (χ4n) is 3.11. The van der Waals surface area contributed by atoms with E-state index in [1.165, 1.54) is 0 Å². The first-order valence-corrected chi connectivity index (χ1v) is 7.04. The molecule has 0 radical (unpaired) electrons. The van der Waals surface area contributed by atoms with E-state index < -0.39 is 11.9 Å². The van der Waals surface area contributed by atoms with Crippen LogP contribution < -0.4 is 14.2 Å². The van der Waals surface area contributed by atoms with Crippen LogP contribution in [0.1, 0.15) is 23.7 Å². The minimum Gasteiger partial charge on any atom is -0.493 e. The molecule has 4 rings (SSSR count). The number of fused-ring (bicyclic) bond motifs is 2. The predicted octanol–water partition coefficient (Wildman–Crippen LogP) is 2.84. The lowest BCUT2D eigenvalue weighted by Gasteiger charge is -2.37. The highest BCUT2D eigenvalue weighted by Gasteiger charge is 2.52. The van der Waals surface area contributed by atoms with E-state index in [2.05, 4.69) is 0 Å². The summed E-state index contributed by atoms with van der Waals surface area (Å²) in [5.74, 6) is 0.963. The summed E-state index contributed by atoms with van der Waals surface area (Å²) in [7, 11) is 1.61. The van der Waals surface area contributed by atoms with Crippen LogP contribution in [0.2, 0.25) is 0 Å². The van der Waals surface area contributed by atoms with Crippen LogP contribution in [-0.2, 0) is 6.42 Å². The summed E-state index contributed by atoms with van der Waals surface area (Å²) in [4.78, 5) is 0. The van der Waals surface area contributed by atoms with Crippen LogP contribution in [0.25, 0.3) is 0 Å². The van der Waals surface area contributed by atoms with Crippen LogP contribution >= 0.6 is 0 Å². The molecule has 2 aromatic rings. The molecule has 1 spiro atoms. The van der Waals surface area contributed by atoms with Crippen molar-refractivity contribution in [2.45, 2.75) is 24.7 Å². The summed E-state index contributed by atoms with van der Waals surface area (Å²) < 4.78 is 17.4. The van der Waals surface area contributed by atoms with Gasteiger partial charge in [0.2, 0.25) is 0 Å². The first kappa shape index (κ1) is 12.5. The van der Waals surface area contributed by atoms with Crippen molar-refractivity contribution in [2.24, 2.45) is 0 Å². The maximum atomic E-state index is 10.7. The van der Waals surface area contributed by atoms with E-state index in [0.29, 0.717) is 23.7 Å². The van der Waals surface area contributed by atoms with E-state index in [4.69, 9.17) is 14.2 Å². The monoisotopic (exact) mass is 284 g/mol. The van der Waals surface area contributed by atoms with Gasteiger partial charge in [-0.3, -0.25) is 0 Å². The van der Waals surface area contributed by atoms with Gasteiger partial charge in [-0.1, -0.05) is 30.3 Å². The van der Waals surface area contributed by atoms with Crippen molar-refractivity contribution >= 4 is 0 Å². The zero-order chi connectivity index (χ0) is 14.4. The van der Waals surface area contributed by atoms with E-state index >= 15 is 0 Å². The maximum Gasteiger partial charge on any atom is 0.281 e. The average Bonchev–Trinajstić information content (AvgIpc) is 2.79. The zero-order valence-electron chi connectivity index (χ0n) is 11.7. The third kappa shape index (κ3) is 1.72. The SMILES string of the molecule is COc1cccc2c1O[C@]1(CC2)Oc2ccccc2[C@@H]1O. The summed E-state index contributed by atoms with van der Waals surface area (Å²) in [5, 5.41) is 10.7. The maximum absolute atomic E-state index is 10.7. The van der Waals surface area contributed by atoms with Gasteiger partial charge in [0.05, 0.1) is 7.11 Å². The van der Waals surface area contributed by atoms with Crippen molar-refractivity contribution in [1.82, 2.24) is 0 Å². The number of ether oxygens (including phenoxy) is 3. The predicted molar refractivity (Wildman–Crippen MR) is 76.7 cm³/mol. The molecule has 21 heavy (non-hydrogen) atoms. The molecule has 2 atom stereocenters. The molecule has 0 fully saturated rings. The zero-order valence-corrected chi connectivity index (χ0v) is 11.7. The third-order valence-electron chi connectivity index (χ3n) is 4.21. The first-order valence-electron chi connectivity index (χ1n) is 7.04. The average molecular weight is 284 g/mol. The molecule has 0 unspecified atom stereocenters. The summed E-state index contributed by atoms with van der Waals surface area (Å²) in [6, 6.07) is 13.3. The van der Waals surface area contributed by atoms with Crippen molar-refractivity contribution in [3.05, 3.63) is 53.6 Å². The number of hydrogen-bond donors (Lipinski definition) is 1. The normalized spacial score (nSPS) is 25.7. The standard InChI is InChI=1S/C17H16O4/c1-19-14-8-4-5-11-9-10-17(21-15(11)14)16(18)12-6-2-3-7-13(12)20-17/h2-8,16,18H,9-10H2,1H3/t16-,17-/m0/s1. The summed E-state index contributed by atoms with van der Waals surface area (Å²) in [6.45, 7) is 0. The quantitative estimate of drug-likeness (QED) is 0.874. The lowest BCUT2D eigenvalue weighted by Crippen LogP contribution is -2.47. The van der Waals surface area contributed by atoms with Gasteiger partial charge in [-0.25, -0.2) is 0 Å². The smallest absolute Gasteiger partial charge is 0.281 e. The number of aryl methyl sites for hydroxylation is 1. The molecule has 4 nitrogen and oxygen atoms in total. The molecule has 2 aliphatic heterocycles. The molecular formula is C17H16O4. The summed E-state index contributed by atoms with van der Waals surface area (Å²) >= 11 is 0. The Balaban J connectivity index is 1.76. The van der Waals surface area contributed by atoms with Gasteiger partial charge < -0.3 is 19.3 Å². The number of aliphatic hydroxyl groups is 1. The minimum absolute atomic E-state index is 0.600. The molecule has 108 valence electrons. The van der Waals surface area contributed by atoms with Crippen molar-refractivity contribution in [3.63, 3.8) is 0 Å². The second kappa shape index (κ2) is 4.40. The van der Waals surface area contributed by atoms with Crippen LogP contribution in [-0.4, -0.2) is 18.0 Å². The number of methoxy groups -OCH3 is 1. The van der Waals surface area contributed by atoms with E-state index in [0.717, 1.165) is 17.5 Å². The Labute approximate surface area is 122 Å². The van der Waals surface area contributed by atoms with Gasteiger partial charge in [0.25, 0.3) is 5.79 Å². The number of benzene rings is 2. The molecule has 2 heterocycles. The molecule has 0 saturated carbocycles.